The van der Waals surface area contributed by atoms with E-state index in [1.165, 1.54) is 0 Å². The molecule has 2 heterocycles. The number of rotatable bonds is 8. The van der Waals surface area contributed by atoms with Crippen LogP contribution in [0, 0.1) is 6.92 Å². The number of ether oxygens (including phenoxy) is 1. The first-order valence-electron chi connectivity index (χ1n) is 9.08. The van der Waals surface area contributed by atoms with Crippen molar-refractivity contribution < 1.29 is 14.1 Å². The fourth-order valence-electron chi connectivity index (χ4n) is 3.24. The fourth-order valence-corrected chi connectivity index (χ4v) is 3.24. The number of methoxy groups -OCH3 is 1. The first kappa shape index (κ1) is 18.5. The third-order valence-electron chi connectivity index (χ3n) is 4.71. The molecule has 0 unspecified atom stereocenters. The molecule has 0 aliphatic carbocycles. The number of likely N-dealkylation sites (tertiary alicyclic amines) is 1. The van der Waals surface area contributed by atoms with Crippen LogP contribution in [0.1, 0.15) is 42.6 Å². The molecule has 0 saturated carbocycles. The molecule has 1 atom stereocenters. The lowest BCUT2D eigenvalue weighted by atomic mass is 10.2. The summed E-state index contributed by atoms with van der Waals surface area (Å²) >= 11 is 0. The summed E-state index contributed by atoms with van der Waals surface area (Å²) in [5.74, 6) is 1.34. The van der Waals surface area contributed by atoms with Crippen LogP contribution in [0.2, 0.25) is 0 Å². The van der Waals surface area contributed by atoms with Crippen molar-refractivity contribution in [2.45, 2.75) is 38.6 Å². The topological polar surface area (TPSA) is 80.5 Å². The number of amides is 1. The quantitative estimate of drug-likeness (QED) is 0.781. The Labute approximate surface area is 153 Å². The highest BCUT2D eigenvalue weighted by molar-refractivity contribution is 5.91. The Morgan fingerprint density at radius 1 is 1.42 bits per heavy atom. The van der Waals surface area contributed by atoms with Crippen molar-refractivity contribution in [3.63, 3.8) is 0 Å². The van der Waals surface area contributed by atoms with Crippen molar-refractivity contribution >= 4 is 11.6 Å². The summed E-state index contributed by atoms with van der Waals surface area (Å²) in [5.41, 5.74) is 1.93. The molecule has 7 nitrogen and oxygen atoms in total. The van der Waals surface area contributed by atoms with Gasteiger partial charge in [-0.3, -0.25) is 9.69 Å². The highest BCUT2D eigenvalue weighted by Crippen LogP contribution is 2.30. The number of benzene rings is 1. The van der Waals surface area contributed by atoms with E-state index in [1.807, 2.05) is 31.2 Å². The highest BCUT2D eigenvalue weighted by Gasteiger charge is 2.30. The maximum Gasteiger partial charge on any atom is 0.243 e. The van der Waals surface area contributed by atoms with Crippen molar-refractivity contribution in [2.24, 2.45) is 0 Å². The van der Waals surface area contributed by atoms with Crippen molar-refractivity contribution in [1.82, 2.24) is 15.0 Å². The Balaban J connectivity index is 1.53. The predicted molar refractivity (Wildman–Crippen MR) is 97.9 cm³/mol. The molecular formula is C19H26N4O3. The van der Waals surface area contributed by atoms with E-state index < -0.39 is 0 Å². The normalized spacial score (nSPS) is 17.5. The molecule has 0 spiro atoms. The smallest absolute Gasteiger partial charge is 0.243 e. The monoisotopic (exact) mass is 358 g/mol. The zero-order valence-electron chi connectivity index (χ0n) is 15.4. The lowest BCUT2D eigenvalue weighted by molar-refractivity contribution is -0.116. The summed E-state index contributed by atoms with van der Waals surface area (Å²) in [6.45, 7) is 4.19. The molecule has 1 saturated heterocycles. The van der Waals surface area contributed by atoms with Crippen LogP contribution in [0.15, 0.2) is 28.8 Å². The summed E-state index contributed by atoms with van der Waals surface area (Å²) in [6, 6.07) is 7.90. The van der Waals surface area contributed by atoms with Gasteiger partial charge in [-0.05, 0) is 37.9 Å². The van der Waals surface area contributed by atoms with Crippen LogP contribution in [0.25, 0.3) is 0 Å². The van der Waals surface area contributed by atoms with E-state index in [0.717, 1.165) is 30.6 Å². The molecule has 1 aromatic carbocycles. The van der Waals surface area contributed by atoms with Gasteiger partial charge < -0.3 is 14.6 Å². The highest BCUT2D eigenvalue weighted by atomic mass is 16.5. The molecule has 0 bridgehead atoms. The molecular weight excluding hydrogens is 332 g/mol. The summed E-state index contributed by atoms with van der Waals surface area (Å²) in [5, 5.41) is 7.01. The van der Waals surface area contributed by atoms with E-state index in [1.54, 1.807) is 7.11 Å². The number of hydrogen-bond acceptors (Lipinski definition) is 6. The number of nitrogens with one attached hydrogen (secondary N) is 1. The number of carbonyl (C=O) groups is 1. The molecule has 2 aromatic rings. The molecule has 1 aliphatic heterocycles. The predicted octanol–water partition coefficient (Wildman–Crippen LogP) is 2.73. The van der Waals surface area contributed by atoms with Gasteiger partial charge in [0.2, 0.25) is 11.8 Å². The van der Waals surface area contributed by atoms with E-state index in [9.17, 15) is 4.79 Å². The van der Waals surface area contributed by atoms with Gasteiger partial charge in [-0.1, -0.05) is 23.4 Å². The molecule has 3 rings (SSSR count). The van der Waals surface area contributed by atoms with Gasteiger partial charge in [-0.25, -0.2) is 0 Å². The largest absolute Gasteiger partial charge is 0.384 e. The van der Waals surface area contributed by atoms with Gasteiger partial charge >= 0.3 is 0 Å². The van der Waals surface area contributed by atoms with E-state index in [2.05, 4.69) is 20.4 Å². The molecule has 0 radical (unpaired) electrons. The van der Waals surface area contributed by atoms with E-state index >= 15 is 0 Å². The average molecular weight is 358 g/mol. The zero-order valence-corrected chi connectivity index (χ0v) is 15.4. The Kier molecular flexibility index (Phi) is 6.35. The van der Waals surface area contributed by atoms with Crippen molar-refractivity contribution in [3.05, 3.63) is 41.5 Å². The Hall–Kier alpha value is -2.25. The standard InChI is InChI=1S/C19H26N4O3/c1-14-6-3-4-7-15(14)20-18(24)9-12-23-11-5-8-16(23)19-21-17(22-26-19)10-13-25-2/h3-4,6-7,16H,5,8-13H2,1-2H3,(H,20,24)/t16-/m0/s1. The number of aromatic nitrogens is 2. The van der Waals surface area contributed by atoms with Gasteiger partial charge in [0.05, 0.1) is 12.6 Å². The minimum atomic E-state index is 0.0243. The number of para-hydroxylation sites is 1. The molecule has 1 amide bonds. The van der Waals surface area contributed by atoms with Gasteiger partial charge in [0.1, 0.15) is 0 Å². The molecule has 7 heteroatoms. The van der Waals surface area contributed by atoms with Gasteiger partial charge in [0.15, 0.2) is 5.82 Å². The van der Waals surface area contributed by atoms with Crippen molar-refractivity contribution in [3.8, 4) is 0 Å². The minimum absolute atomic E-state index is 0.0243. The second-order valence-corrected chi connectivity index (χ2v) is 6.60. The number of carbonyl (C=O) groups excluding carboxylic acids is 1. The number of anilines is 1. The fraction of sp³-hybridized carbons (Fsp3) is 0.526. The Morgan fingerprint density at radius 2 is 2.27 bits per heavy atom. The van der Waals surface area contributed by atoms with Crippen LogP contribution in [0.4, 0.5) is 5.69 Å². The van der Waals surface area contributed by atoms with Crippen LogP contribution >= 0.6 is 0 Å². The average Bonchev–Trinajstić information content (AvgIpc) is 3.29. The Morgan fingerprint density at radius 3 is 3.08 bits per heavy atom. The van der Waals surface area contributed by atoms with Crippen molar-refractivity contribution in [1.29, 1.82) is 0 Å². The first-order chi connectivity index (χ1) is 12.7. The SMILES string of the molecule is COCCc1noc([C@@H]2CCCN2CCC(=O)Nc2ccccc2C)n1. The summed E-state index contributed by atoms with van der Waals surface area (Å²) in [4.78, 5) is 19.0. The van der Waals surface area contributed by atoms with E-state index in [-0.39, 0.29) is 11.9 Å². The molecule has 140 valence electrons. The molecule has 1 aromatic heterocycles. The number of aryl methyl sites for hydroxylation is 1. The van der Waals surface area contributed by atoms with E-state index in [4.69, 9.17) is 9.26 Å². The van der Waals surface area contributed by atoms with Crippen LogP contribution in [0.3, 0.4) is 0 Å². The maximum absolute atomic E-state index is 12.3. The van der Waals surface area contributed by atoms with Gasteiger partial charge in [0.25, 0.3) is 0 Å². The lowest BCUT2D eigenvalue weighted by Gasteiger charge is -2.21. The summed E-state index contributed by atoms with van der Waals surface area (Å²) in [7, 11) is 1.65. The summed E-state index contributed by atoms with van der Waals surface area (Å²) in [6.07, 6.45) is 3.13. The second kappa shape index (κ2) is 8.91. The third kappa shape index (κ3) is 4.68. The Bertz CT molecular complexity index is 731. The van der Waals surface area contributed by atoms with Crippen LogP contribution in [-0.2, 0) is 16.0 Å². The summed E-state index contributed by atoms with van der Waals surface area (Å²) < 4.78 is 10.5. The molecule has 1 N–H and O–H groups in total. The maximum atomic E-state index is 12.3. The third-order valence-corrected chi connectivity index (χ3v) is 4.71. The van der Waals surface area contributed by atoms with Crippen molar-refractivity contribution in [2.75, 3.05) is 32.1 Å². The zero-order chi connectivity index (χ0) is 18.4. The molecule has 1 fully saturated rings. The first-order valence-corrected chi connectivity index (χ1v) is 9.08. The van der Waals surface area contributed by atoms with Gasteiger partial charge in [-0.2, -0.15) is 4.98 Å². The molecule has 26 heavy (non-hydrogen) atoms. The van der Waals surface area contributed by atoms with Gasteiger partial charge in [0, 0.05) is 32.2 Å². The van der Waals surface area contributed by atoms with Crippen LogP contribution in [0.5, 0.6) is 0 Å². The second-order valence-electron chi connectivity index (χ2n) is 6.60. The van der Waals surface area contributed by atoms with Crippen LogP contribution in [-0.4, -0.2) is 47.8 Å². The van der Waals surface area contributed by atoms with Gasteiger partial charge in [-0.15, -0.1) is 0 Å². The van der Waals surface area contributed by atoms with Crippen LogP contribution < -0.4 is 5.32 Å². The lowest BCUT2D eigenvalue weighted by Crippen LogP contribution is -2.28. The minimum Gasteiger partial charge on any atom is -0.384 e. The van der Waals surface area contributed by atoms with E-state index in [0.29, 0.717) is 37.7 Å². The number of hydrogen-bond donors (Lipinski definition) is 1. The number of nitrogens with zero attached hydrogens (tertiary/aromatic N) is 3. The molecule has 1 aliphatic rings.